The first-order valence-electron chi connectivity index (χ1n) is 5.41. The number of nitrogens with zero attached hydrogens (tertiary/aromatic N) is 1. The highest BCUT2D eigenvalue weighted by Gasteiger charge is 2.42. The summed E-state index contributed by atoms with van der Waals surface area (Å²) in [6.07, 6.45) is 5.58. The summed E-state index contributed by atoms with van der Waals surface area (Å²) in [4.78, 5) is 0. The van der Waals surface area contributed by atoms with Gasteiger partial charge >= 0.3 is 0 Å². The Labute approximate surface area is 85.0 Å². The highest BCUT2D eigenvalue weighted by molar-refractivity contribution is 4.99. The molecule has 0 amide bonds. The van der Waals surface area contributed by atoms with Gasteiger partial charge in [-0.1, -0.05) is 0 Å². The maximum atomic E-state index is 8.62. The van der Waals surface area contributed by atoms with Crippen molar-refractivity contribution in [1.82, 2.24) is 0 Å². The lowest BCUT2D eigenvalue weighted by molar-refractivity contribution is 0.00201. The molecule has 14 heavy (non-hydrogen) atoms. The van der Waals surface area contributed by atoms with E-state index in [4.69, 9.17) is 14.7 Å². The molecule has 3 nitrogen and oxygen atoms in total. The van der Waals surface area contributed by atoms with Gasteiger partial charge in [-0.2, -0.15) is 5.26 Å². The minimum Gasteiger partial charge on any atom is -0.378 e. The lowest BCUT2D eigenvalue weighted by Gasteiger charge is -2.14. The van der Waals surface area contributed by atoms with Gasteiger partial charge in [0.1, 0.15) is 0 Å². The summed E-state index contributed by atoms with van der Waals surface area (Å²) in [5.74, 6) is 0. The first-order chi connectivity index (χ1) is 6.85. The largest absolute Gasteiger partial charge is 0.378 e. The predicted molar refractivity (Wildman–Crippen MR) is 51.7 cm³/mol. The highest BCUT2D eigenvalue weighted by Crippen LogP contribution is 2.48. The molecule has 2 fully saturated rings. The Morgan fingerprint density at radius 1 is 1.50 bits per heavy atom. The average molecular weight is 195 g/mol. The standard InChI is InChI=1S/C11H17NO2/c12-6-5-11(3-4-11)9-13-8-10-2-1-7-14-10/h10H,1-5,7-9H2. The molecule has 1 saturated heterocycles. The van der Waals surface area contributed by atoms with Gasteiger partial charge in [-0.15, -0.1) is 0 Å². The summed E-state index contributed by atoms with van der Waals surface area (Å²) in [5, 5.41) is 8.62. The molecular formula is C11H17NO2. The third-order valence-electron chi connectivity index (χ3n) is 3.15. The Hall–Kier alpha value is -0.590. The Morgan fingerprint density at radius 2 is 2.36 bits per heavy atom. The van der Waals surface area contributed by atoms with Crippen LogP contribution >= 0.6 is 0 Å². The number of rotatable bonds is 5. The van der Waals surface area contributed by atoms with Crippen LogP contribution in [0.3, 0.4) is 0 Å². The molecule has 1 saturated carbocycles. The first kappa shape index (κ1) is 9.95. The summed E-state index contributed by atoms with van der Waals surface area (Å²) in [6, 6.07) is 2.24. The fourth-order valence-electron chi connectivity index (χ4n) is 1.90. The molecule has 1 atom stereocenters. The Bertz CT molecular complexity index is 224. The van der Waals surface area contributed by atoms with Crippen LogP contribution < -0.4 is 0 Å². The topological polar surface area (TPSA) is 42.2 Å². The van der Waals surface area contributed by atoms with Crippen LogP contribution in [0.2, 0.25) is 0 Å². The van der Waals surface area contributed by atoms with Gasteiger partial charge in [0.25, 0.3) is 0 Å². The summed E-state index contributed by atoms with van der Waals surface area (Å²) in [5.41, 5.74) is 0.216. The van der Waals surface area contributed by atoms with Gasteiger partial charge in [0.2, 0.25) is 0 Å². The van der Waals surface area contributed by atoms with Gasteiger partial charge in [0.05, 0.1) is 25.4 Å². The van der Waals surface area contributed by atoms with Gasteiger partial charge in [-0.3, -0.25) is 0 Å². The minimum atomic E-state index is 0.216. The maximum absolute atomic E-state index is 8.62. The molecule has 2 rings (SSSR count). The monoisotopic (exact) mass is 195 g/mol. The molecule has 2 aliphatic rings. The van der Waals surface area contributed by atoms with E-state index in [1.54, 1.807) is 0 Å². The van der Waals surface area contributed by atoms with E-state index in [-0.39, 0.29) is 5.41 Å². The molecule has 0 N–H and O–H groups in total. The Kier molecular flexibility index (Phi) is 3.05. The van der Waals surface area contributed by atoms with E-state index in [2.05, 4.69) is 6.07 Å². The second-order valence-corrected chi connectivity index (χ2v) is 4.49. The van der Waals surface area contributed by atoms with Gasteiger partial charge in [0, 0.05) is 18.4 Å². The molecular weight excluding hydrogens is 178 g/mol. The normalized spacial score (nSPS) is 28.6. The molecule has 0 spiro atoms. The second kappa shape index (κ2) is 4.29. The fraction of sp³-hybridized carbons (Fsp3) is 0.909. The number of hydrogen-bond acceptors (Lipinski definition) is 3. The summed E-state index contributed by atoms with van der Waals surface area (Å²) in [7, 11) is 0. The SMILES string of the molecule is N#CCC1(COCC2CCCO2)CC1. The van der Waals surface area contributed by atoms with Crippen LogP contribution in [-0.4, -0.2) is 25.9 Å². The molecule has 0 aromatic heterocycles. The van der Waals surface area contributed by atoms with E-state index in [9.17, 15) is 0 Å². The van der Waals surface area contributed by atoms with Crippen molar-refractivity contribution < 1.29 is 9.47 Å². The van der Waals surface area contributed by atoms with Crippen molar-refractivity contribution >= 4 is 0 Å². The summed E-state index contributed by atoms with van der Waals surface area (Å²) >= 11 is 0. The van der Waals surface area contributed by atoms with Crippen LogP contribution in [0, 0.1) is 16.7 Å². The zero-order chi connectivity index (χ0) is 9.86. The Morgan fingerprint density at radius 3 is 2.93 bits per heavy atom. The average Bonchev–Trinajstić information content (AvgIpc) is 2.75. The predicted octanol–water partition coefficient (Wildman–Crippen LogP) is 1.88. The fourth-order valence-corrected chi connectivity index (χ4v) is 1.90. The van der Waals surface area contributed by atoms with Crippen LogP contribution in [-0.2, 0) is 9.47 Å². The van der Waals surface area contributed by atoms with Crippen molar-refractivity contribution in [3.63, 3.8) is 0 Å². The van der Waals surface area contributed by atoms with Gasteiger partial charge < -0.3 is 9.47 Å². The molecule has 0 bridgehead atoms. The maximum Gasteiger partial charge on any atom is 0.0809 e. The molecule has 1 aliphatic heterocycles. The van der Waals surface area contributed by atoms with Crippen LogP contribution in [0.5, 0.6) is 0 Å². The molecule has 0 aromatic rings. The zero-order valence-electron chi connectivity index (χ0n) is 8.50. The minimum absolute atomic E-state index is 0.216. The molecule has 0 radical (unpaired) electrons. The van der Waals surface area contributed by atoms with Crippen molar-refractivity contribution in [3.8, 4) is 6.07 Å². The van der Waals surface area contributed by atoms with E-state index >= 15 is 0 Å². The van der Waals surface area contributed by atoms with Crippen molar-refractivity contribution in [2.45, 2.75) is 38.2 Å². The van der Waals surface area contributed by atoms with Crippen molar-refractivity contribution in [1.29, 1.82) is 5.26 Å². The van der Waals surface area contributed by atoms with Crippen LogP contribution in [0.15, 0.2) is 0 Å². The molecule has 0 aromatic carbocycles. The van der Waals surface area contributed by atoms with Crippen LogP contribution in [0.25, 0.3) is 0 Å². The zero-order valence-corrected chi connectivity index (χ0v) is 8.50. The van der Waals surface area contributed by atoms with Gasteiger partial charge in [0.15, 0.2) is 0 Å². The van der Waals surface area contributed by atoms with Crippen LogP contribution in [0.4, 0.5) is 0 Å². The molecule has 1 unspecified atom stereocenters. The smallest absolute Gasteiger partial charge is 0.0809 e. The summed E-state index contributed by atoms with van der Waals surface area (Å²) in [6.45, 7) is 2.35. The highest BCUT2D eigenvalue weighted by atomic mass is 16.5. The van der Waals surface area contributed by atoms with Crippen molar-refractivity contribution in [3.05, 3.63) is 0 Å². The van der Waals surface area contributed by atoms with E-state index in [1.807, 2.05) is 0 Å². The third-order valence-corrected chi connectivity index (χ3v) is 3.15. The van der Waals surface area contributed by atoms with E-state index in [1.165, 1.54) is 0 Å². The van der Waals surface area contributed by atoms with E-state index < -0.39 is 0 Å². The van der Waals surface area contributed by atoms with Gasteiger partial charge in [-0.25, -0.2) is 0 Å². The number of hydrogen-bond donors (Lipinski definition) is 0. The molecule has 3 heteroatoms. The van der Waals surface area contributed by atoms with Crippen molar-refractivity contribution in [2.75, 3.05) is 19.8 Å². The van der Waals surface area contributed by atoms with E-state index in [0.29, 0.717) is 19.1 Å². The third kappa shape index (κ3) is 2.46. The molecule has 78 valence electrons. The van der Waals surface area contributed by atoms with Gasteiger partial charge in [-0.05, 0) is 25.7 Å². The summed E-state index contributed by atoms with van der Waals surface area (Å²) < 4.78 is 11.1. The lowest BCUT2D eigenvalue weighted by Crippen LogP contribution is -2.18. The first-order valence-corrected chi connectivity index (χ1v) is 5.41. The van der Waals surface area contributed by atoms with Crippen LogP contribution in [0.1, 0.15) is 32.1 Å². The molecule has 1 aliphatic carbocycles. The van der Waals surface area contributed by atoms with Crippen molar-refractivity contribution in [2.24, 2.45) is 5.41 Å². The second-order valence-electron chi connectivity index (χ2n) is 4.49. The van der Waals surface area contributed by atoms with E-state index in [0.717, 1.165) is 38.9 Å². The molecule has 1 heterocycles. The number of nitriles is 1. The lowest BCUT2D eigenvalue weighted by atomic mass is 10.1. The number of ether oxygens (including phenoxy) is 2. The Balaban J connectivity index is 1.60. The quantitative estimate of drug-likeness (QED) is 0.672.